The van der Waals surface area contributed by atoms with Crippen LogP contribution in [0.5, 0.6) is 5.75 Å². The second-order valence-corrected chi connectivity index (χ2v) is 9.73. The highest BCUT2D eigenvalue weighted by Crippen LogP contribution is 2.37. The van der Waals surface area contributed by atoms with Gasteiger partial charge in [-0.3, -0.25) is 4.90 Å². The van der Waals surface area contributed by atoms with E-state index in [1.54, 1.807) is 12.1 Å². The summed E-state index contributed by atoms with van der Waals surface area (Å²) in [6, 6.07) is 11.8. The van der Waals surface area contributed by atoms with Crippen LogP contribution < -0.4 is 4.74 Å². The highest BCUT2D eigenvalue weighted by Gasteiger charge is 2.24. The molecule has 2 heterocycles. The molecule has 6 nitrogen and oxygen atoms in total. The summed E-state index contributed by atoms with van der Waals surface area (Å²) < 4.78 is 14.9. The van der Waals surface area contributed by atoms with Gasteiger partial charge in [-0.25, -0.2) is 4.79 Å². The lowest BCUT2D eigenvalue weighted by atomic mass is 9.89. The monoisotopic (exact) mass is 528 g/mol. The molecular formula is C27H33BrN2O4. The summed E-state index contributed by atoms with van der Waals surface area (Å²) in [7, 11) is 0. The van der Waals surface area contributed by atoms with Crippen LogP contribution >= 0.6 is 15.9 Å². The molecule has 3 aromatic rings. The van der Waals surface area contributed by atoms with Crippen LogP contribution in [-0.2, 0) is 11.3 Å². The Labute approximate surface area is 209 Å². The van der Waals surface area contributed by atoms with Crippen molar-refractivity contribution in [2.75, 3.05) is 39.5 Å². The number of piperidine rings is 1. The van der Waals surface area contributed by atoms with Gasteiger partial charge in [-0.2, -0.15) is 0 Å². The van der Waals surface area contributed by atoms with Crippen molar-refractivity contribution in [2.45, 2.75) is 39.2 Å². The number of fused-ring (bicyclic) bond motifs is 1. The number of rotatable bonds is 10. The lowest BCUT2D eigenvalue weighted by Crippen LogP contribution is -2.35. The molecule has 0 spiro atoms. The molecule has 1 saturated heterocycles. The average molecular weight is 529 g/mol. The first kappa shape index (κ1) is 24.8. The normalized spacial score (nSPS) is 15.1. The SMILES string of the molecule is CCOCCn1cc(C2CCN(CCOc3ccc(C)cc3C(=O)O)CC2)c2cccc(Br)c21. The summed E-state index contributed by atoms with van der Waals surface area (Å²) in [5.74, 6) is 0.0167. The van der Waals surface area contributed by atoms with Crippen molar-refractivity contribution in [2.24, 2.45) is 0 Å². The number of para-hydroxylation sites is 1. The number of benzene rings is 2. The van der Waals surface area contributed by atoms with E-state index in [2.05, 4.69) is 49.8 Å². The minimum absolute atomic E-state index is 0.227. The third-order valence-corrected chi connectivity index (χ3v) is 7.26. The standard InChI is InChI=1S/C27H33BrN2O4/c1-3-33-15-14-30-18-23(21-5-4-6-24(28)26(21)30)20-9-11-29(12-10-20)13-16-34-25-8-7-19(2)17-22(25)27(31)32/h4-8,17-18,20H,3,9-16H2,1-2H3,(H,31,32). The molecular weight excluding hydrogens is 496 g/mol. The molecule has 0 atom stereocenters. The van der Waals surface area contributed by atoms with Gasteiger partial charge in [-0.1, -0.05) is 23.8 Å². The van der Waals surface area contributed by atoms with E-state index in [1.807, 2.05) is 19.9 Å². The van der Waals surface area contributed by atoms with E-state index in [1.165, 1.54) is 16.5 Å². The second-order valence-electron chi connectivity index (χ2n) is 8.88. The Kier molecular flexibility index (Phi) is 8.29. The molecule has 1 N–H and O–H groups in total. The smallest absolute Gasteiger partial charge is 0.339 e. The van der Waals surface area contributed by atoms with Gasteiger partial charge in [0, 0.05) is 35.8 Å². The number of hydrogen-bond acceptors (Lipinski definition) is 4. The Morgan fingerprint density at radius 1 is 1.15 bits per heavy atom. The fourth-order valence-electron chi connectivity index (χ4n) is 4.84. The third kappa shape index (κ3) is 5.65. The summed E-state index contributed by atoms with van der Waals surface area (Å²) in [5, 5.41) is 10.8. The number of aryl methyl sites for hydroxylation is 1. The molecule has 7 heteroatoms. The van der Waals surface area contributed by atoms with E-state index < -0.39 is 5.97 Å². The van der Waals surface area contributed by atoms with Crippen LogP contribution in [0.2, 0.25) is 0 Å². The molecule has 2 aromatic carbocycles. The number of likely N-dealkylation sites (tertiary alicyclic amines) is 1. The Hall–Kier alpha value is -2.35. The Morgan fingerprint density at radius 3 is 2.68 bits per heavy atom. The van der Waals surface area contributed by atoms with Gasteiger partial charge in [-0.05, 0) is 85.4 Å². The van der Waals surface area contributed by atoms with Crippen LogP contribution in [0.1, 0.15) is 47.2 Å². The number of ether oxygens (including phenoxy) is 2. The first-order valence-corrected chi connectivity index (χ1v) is 12.8. The largest absolute Gasteiger partial charge is 0.491 e. The summed E-state index contributed by atoms with van der Waals surface area (Å²) in [5.41, 5.74) is 3.82. The molecule has 0 amide bonds. The Bertz CT molecular complexity index is 1140. The van der Waals surface area contributed by atoms with Crippen LogP contribution in [0.25, 0.3) is 10.9 Å². The molecule has 182 valence electrons. The lowest BCUT2D eigenvalue weighted by molar-refractivity contribution is 0.0691. The van der Waals surface area contributed by atoms with Gasteiger partial charge >= 0.3 is 5.97 Å². The molecule has 0 bridgehead atoms. The lowest BCUT2D eigenvalue weighted by Gasteiger charge is -2.31. The van der Waals surface area contributed by atoms with E-state index in [9.17, 15) is 9.90 Å². The molecule has 0 aliphatic carbocycles. The number of carbonyl (C=O) groups is 1. The fourth-order valence-corrected chi connectivity index (χ4v) is 5.43. The van der Waals surface area contributed by atoms with E-state index >= 15 is 0 Å². The van der Waals surface area contributed by atoms with Crippen LogP contribution in [0.3, 0.4) is 0 Å². The summed E-state index contributed by atoms with van der Waals surface area (Å²) in [6.07, 6.45) is 4.52. The van der Waals surface area contributed by atoms with Crippen molar-refractivity contribution < 1.29 is 19.4 Å². The van der Waals surface area contributed by atoms with Crippen molar-refractivity contribution in [3.05, 3.63) is 63.8 Å². The van der Waals surface area contributed by atoms with Gasteiger partial charge in [0.2, 0.25) is 0 Å². The second kappa shape index (κ2) is 11.4. The summed E-state index contributed by atoms with van der Waals surface area (Å²) >= 11 is 3.75. The van der Waals surface area contributed by atoms with Gasteiger partial charge in [0.1, 0.15) is 17.9 Å². The van der Waals surface area contributed by atoms with Crippen molar-refractivity contribution in [3.8, 4) is 5.75 Å². The summed E-state index contributed by atoms with van der Waals surface area (Å²) in [4.78, 5) is 13.9. The van der Waals surface area contributed by atoms with Crippen molar-refractivity contribution in [1.29, 1.82) is 0 Å². The molecule has 0 radical (unpaired) electrons. The number of hydrogen-bond donors (Lipinski definition) is 1. The van der Waals surface area contributed by atoms with E-state index in [0.29, 0.717) is 24.9 Å². The van der Waals surface area contributed by atoms with Gasteiger partial charge in [0.25, 0.3) is 0 Å². The zero-order valence-corrected chi connectivity index (χ0v) is 21.5. The van der Waals surface area contributed by atoms with Crippen LogP contribution in [0, 0.1) is 6.92 Å². The third-order valence-electron chi connectivity index (χ3n) is 6.62. The number of aromatic carboxylic acids is 1. The zero-order chi connectivity index (χ0) is 24.1. The van der Waals surface area contributed by atoms with E-state index in [-0.39, 0.29) is 5.56 Å². The van der Waals surface area contributed by atoms with Crippen molar-refractivity contribution >= 4 is 32.8 Å². The molecule has 4 rings (SSSR count). The van der Waals surface area contributed by atoms with Gasteiger partial charge < -0.3 is 19.1 Å². The molecule has 1 fully saturated rings. The average Bonchev–Trinajstić information content (AvgIpc) is 3.20. The molecule has 0 unspecified atom stereocenters. The van der Waals surface area contributed by atoms with Gasteiger partial charge in [0.15, 0.2) is 0 Å². The summed E-state index contributed by atoms with van der Waals surface area (Å²) in [6.45, 7) is 9.50. The predicted octanol–water partition coefficient (Wildman–Crippen LogP) is 5.71. The highest BCUT2D eigenvalue weighted by atomic mass is 79.9. The molecule has 34 heavy (non-hydrogen) atoms. The van der Waals surface area contributed by atoms with Crippen LogP contribution in [0.15, 0.2) is 47.1 Å². The van der Waals surface area contributed by atoms with Crippen LogP contribution in [0.4, 0.5) is 0 Å². The first-order chi connectivity index (χ1) is 16.5. The fraction of sp³-hybridized carbons (Fsp3) is 0.444. The maximum absolute atomic E-state index is 11.5. The molecule has 0 saturated carbocycles. The Balaban J connectivity index is 1.36. The number of aromatic nitrogens is 1. The maximum atomic E-state index is 11.5. The van der Waals surface area contributed by atoms with Crippen molar-refractivity contribution in [3.63, 3.8) is 0 Å². The first-order valence-electron chi connectivity index (χ1n) is 12.0. The quantitative estimate of drug-likeness (QED) is 0.341. The minimum Gasteiger partial charge on any atom is -0.491 e. The van der Waals surface area contributed by atoms with Crippen molar-refractivity contribution in [1.82, 2.24) is 9.47 Å². The number of halogens is 1. The number of nitrogens with zero attached hydrogens (tertiary/aromatic N) is 2. The van der Waals surface area contributed by atoms with E-state index in [4.69, 9.17) is 9.47 Å². The van der Waals surface area contributed by atoms with Gasteiger partial charge in [-0.15, -0.1) is 0 Å². The van der Waals surface area contributed by atoms with E-state index in [0.717, 1.165) is 55.7 Å². The highest BCUT2D eigenvalue weighted by molar-refractivity contribution is 9.10. The number of carboxylic acids is 1. The number of carboxylic acid groups (broad SMARTS) is 1. The maximum Gasteiger partial charge on any atom is 0.339 e. The molecule has 1 aliphatic rings. The van der Waals surface area contributed by atoms with Crippen LogP contribution in [-0.4, -0.2) is 60.0 Å². The minimum atomic E-state index is -0.952. The predicted molar refractivity (Wildman–Crippen MR) is 138 cm³/mol. The molecule has 1 aromatic heterocycles. The van der Waals surface area contributed by atoms with Gasteiger partial charge in [0.05, 0.1) is 12.1 Å². The Morgan fingerprint density at radius 2 is 1.94 bits per heavy atom. The topological polar surface area (TPSA) is 63.9 Å². The zero-order valence-electron chi connectivity index (χ0n) is 19.9. The molecule has 1 aliphatic heterocycles.